The van der Waals surface area contributed by atoms with Gasteiger partial charge >= 0.3 is 0 Å². The Kier molecular flexibility index (Phi) is 5.03. The van der Waals surface area contributed by atoms with Crippen molar-refractivity contribution in [2.75, 3.05) is 12.3 Å². The van der Waals surface area contributed by atoms with Crippen molar-refractivity contribution >= 4 is 17.5 Å². The second-order valence-corrected chi connectivity index (χ2v) is 7.27. The van der Waals surface area contributed by atoms with E-state index in [0.717, 1.165) is 0 Å². The fraction of sp³-hybridized carbons (Fsp3) is 0.286. The van der Waals surface area contributed by atoms with Crippen LogP contribution in [-0.2, 0) is 0 Å². The minimum absolute atomic E-state index is 0.153. The van der Waals surface area contributed by atoms with E-state index in [2.05, 4.69) is 15.1 Å². The van der Waals surface area contributed by atoms with Gasteiger partial charge in [-0.15, -0.1) is 0 Å². The van der Waals surface area contributed by atoms with Crippen LogP contribution in [0.15, 0.2) is 36.7 Å². The summed E-state index contributed by atoms with van der Waals surface area (Å²) in [7, 11) is 0. The maximum absolute atomic E-state index is 13.2. The van der Waals surface area contributed by atoms with Crippen molar-refractivity contribution < 1.29 is 14.0 Å². The summed E-state index contributed by atoms with van der Waals surface area (Å²) in [6.07, 6.45) is 4.14. The van der Waals surface area contributed by atoms with Crippen molar-refractivity contribution in [3.8, 4) is 5.69 Å². The van der Waals surface area contributed by atoms with Crippen LogP contribution in [0.25, 0.3) is 5.69 Å². The average molecular weight is 408 g/mol. The molecular formula is C21H21FN6O2. The number of rotatable bonds is 4. The molecule has 0 unspecified atom stereocenters. The highest BCUT2D eigenvalue weighted by Crippen LogP contribution is 2.27. The van der Waals surface area contributed by atoms with E-state index in [0.29, 0.717) is 42.2 Å². The zero-order valence-corrected chi connectivity index (χ0v) is 16.7. The predicted molar refractivity (Wildman–Crippen MR) is 108 cm³/mol. The number of aryl methyl sites for hydroxylation is 2. The number of aromatic nitrogens is 4. The van der Waals surface area contributed by atoms with Crippen LogP contribution in [0.1, 0.15) is 45.1 Å². The van der Waals surface area contributed by atoms with E-state index in [1.165, 1.54) is 41.3 Å². The number of Topliss-reactive ketones (excluding diaryl/α,β-unsaturated/α-hetero) is 1. The quantitative estimate of drug-likeness (QED) is 0.665. The molecule has 1 aliphatic rings. The molecule has 1 saturated heterocycles. The molecule has 154 valence electrons. The van der Waals surface area contributed by atoms with Crippen molar-refractivity contribution in [1.29, 1.82) is 0 Å². The number of likely N-dealkylation sites (tertiary alicyclic amines) is 1. The molecule has 1 aliphatic heterocycles. The summed E-state index contributed by atoms with van der Waals surface area (Å²) in [6, 6.07) is 5.01. The summed E-state index contributed by atoms with van der Waals surface area (Å²) in [4.78, 5) is 36.2. The monoisotopic (exact) mass is 408 g/mol. The lowest BCUT2D eigenvalue weighted by Gasteiger charge is -2.24. The molecule has 1 fully saturated rings. The van der Waals surface area contributed by atoms with Crippen LogP contribution in [0.3, 0.4) is 0 Å². The topological polar surface area (TPSA) is 107 Å². The number of benzene rings is 1. The number of anilines is 1. The van der Waals surface area contributed by atoms with Crippen LogP contribution in [0, 0.1) is 19.7 Å². The van der Waals surface area contributed by atoms with Gasteiger partial charge in [-0.3, -0.25) is 9.59 Å². The number of carbonyl (C=O) groups is 2. The molecule has 0 bridgehead atoms. The van der Waals surface area contributed by atoms with Gasteiger partial charge in [-0.1, -0.05) is 0 Å². The van der Waals surface area contributed by atoms with Crippen LogP contribution in [0.2, 0.25) is 0 Å². The molecule has 0 radical (unpaired) electrons. The Bertz CT molecular complexity index is 1130. The minimum Gasteiger partial charge on any atom is -0.383 e. The zero-order chi connectivity index (χ0) is 21.4. The van der Waals surface area contributed by atoms with E-state index < -0.39 is 6.04 Å². The molecule has 0 saturated carbocycles. The Morgan fingerprint density at radius 2 is 1.87 bits per heavy atom. The number of hydrogen-bond acceptors (Lipinski definition) is 6. The van der Waals surface area contributed by atoms with Crippen LogP contribution in [0.5, 0.6) is 0 Å². The smallest absolute Gasteiger partial charge is 0.257 e. The molecule has 8 nitrogen and oxygen atoms in total. The Morgan fingerprint density at radius 3 is 2.57 bits per heavy atom. The molecule has 1 aromatic carbocycles. The molecule has 3 heterocycles. The highest BCUT2D eigenvalue weighted by Gasteiger charge is 2.37. The van der Waals surface area contributed by atoms with Crippen LogP contribution in [-0.4, -0.2) is 48.9 Å². The first-order chi connectivity index (χ1) is 14.4. The summed E-state index contributed by atoms with van der Waals surface area (Å²) < 4.78 is 14.6. The van der Waals surface area contributed by atoms with Crippen molar-refractivity contribution in [1.82, 2.24) is 24.6 Å². The lowest BCUT2D eigenvalue weighted by atomic mass is 10.0. The lowest BCUT2D eigenvalue weighted by Crippen LogP contribution is -2.41. The standard InChI is InChI=1S/C21H21FN6O2/c1-12-16(10-24-13(2)26-12)21(30)27-9-3-4-18(27)19(29)17-11-25-28(20(17)23)15-7-5-14(22)6-8-15/h5-8,10-11,18H,3-4,9,23H2,1-2H3/t18-/m1/s1. The first-order valence-electron chi connectivity index (χ1n) is 9.61. The average Bonchev–Trinajstić information content (AvgIpc) is 3.35. The third kappa shape index (κ3) is 3.42. The Balaban J connectivity index is 1.61. The largest absolute Gasteiger partial charge is 0.383 e. The Hall–Kier alpha value is -3.62. The molecule has 0 aliphatic carbocycles. The van der Waals surface area contributed by atoms with Gasteiger partial charge in [-0.2, -0.15) is 5.10 Å². The third-order valence-electron chi connectivity index (χ3n) is 5.29. The summed E-state index contributed by atoms with van der Waals surface area (Å²) in [5.74, 6) is -0.179. The molecular weight excluding hydrogens is 387 g/mol. The molecule has 4 rings (SSSR count). The molecule has 30 heavy (non-hydrogen) atoms. The van der Waals surface area contributed by atoms with Gasteiger partial charge in [0.1, 0.15) is 17.5 Å². The molecule has 1 atom stereocenters. The highest BCUT2D eigenvalue weighted by atomic mass is 19.1. The second-order valence-electron chi connectivity index (χ2n) is 7.27. The van der Waals surface area contributed by atoms with E-state index >= 15 is 0 Å². The van der Waals surface area contributed by atoms with E-state index in [4.69, 9.17) is 5.73 Å². The number of ketones is 1. The van der Waals surface area contributed by atoms with Crippen molar-refractivity contribution in [3.63, 3.8) is 0 Å². The Labute approximate surface area is 172 Å². The van der Waals surface area contributed by atoms with Gasteiger partial charge in [0.25, 0.3) is 5.91 Å². The number of nitrogens with zero attached hydrogens (tertiary/aromatic N) is 5. The van der Waals surface area contributed by atoms with Crippen LogP contribution >= 0.6 is 0 Å². The van der Waals surface area contributed by atoms with Gasteiger partial charge in [-0.25, -0.2) is 19.0 Å². The first-order valence-corrected chi connectivity index (χ1v) is 9.61. The number of nitrogen functional groups attached to an aromatic ring is 1. The third-order valence-corrected chi connectivity index (χ3v) is 5.29. The lowest BCUT2D eigenvalue weighted by molar-refractivity contribution is 0.0670. The van der Waals surface area contributed by atoms with Gasteiger partial charge in [0.05, 0.1) is 34.7 Å². The summed E-state index contributed by atoms with van der Waals surface area (Å²) in [6.45, 7) is 3.97. The molecule has 2 aromatic heterocycles. The number of halogens is 1. The fourth-order valence-corrected chi connectivity index (χ4v) is 3.75. The Morgan fingerprint density at radius 1 is 1.13 bits per heavy atom. The van der Waals surface area contributed by atoms with Crippen LogP contribution < -0.4 is 5.73 Å². The zero-order valence-electron chi connectivity index (χ0n) is 16.7. The fourth-order valence-electron chi connectivity index (χ4n) is 3.75. The molecule has 9 heteroatoms. The number of hydrogen-bond donors (Lipinski definition) is 1. The molecule has 0 spiro atoms. The second kappa shape index (κ2) is 7.66. The van der Waals surface area contributed by atoms with Crippen molar-refractivity contribution in [2.24, 2.45) is 0 Å². The SMILES string of the molecule is Cc1ncc(C(=O)N2CCC[C@@H]2C(=O)c2cnn(-c3ccc(F)cc3)c2N)c(C)n1. The molecule has 3 aromatic rings. The maximum Gasteiger partial charge on any atom is 0.257 e. The van der Waals surface area contributed by atoms with Crippen LogP contribution in [0.4, 0.5) is 10.2 Å². The van der Waals surface area contributed by atoms with Gasteiger partial charge < -0.3 is 10.6 Å². The highest BCUT2D eigenvalue weighted by molar-refractivity contribution is 6.07. The number of nitrogens with two attached hydrogens (primary N) is 1. The predicted octanol–water partition coefficient (Wildman–Crippen LogP) is 2.49. The van der Waals surface area contributed by atoms with E-state index in [1.54, 1.807) is 18.7 Å². The minimum atomic E-state index is -0.633. The normalized spacial score (nSPS) is 16.1. The van der Waals surface area contributed by atoms with Gasteiger partial charge in [0.15, 0.2) is 5.78 Å². The molecule has 2 N–H and O–H groups in total. The number of carbonyl (C=O) groups excluding carboxylic acids is 2. The first kappa shape index (κ1) is 19.7. The van der Waals surface area contributed by atoms with E-state index in [1.807, 2.05) is 0 Å². The van der Waals surface area contributed by atoms with Crippen molar-refractivity contribution in [3.05, 3.63) is 65.1 Å². The maximum atomic E-state index is 13.2. The summed E-state index contributed by atoms with van der Waals surface area (Å²) in [5.41, 5.74) is 7.92. The van der Waals surface area contributed by atoms with Gasteiger partial charge in [0.2, 0.25) is 0 Å². The number of amides is 1. The van der Waals surface area contributed by atoms with Gasteiger partial charge in [0, 0.05) is 12.7 Å². The van der Waals surface area contributed by atoms with Crippen molar-refractivity contribution in [2.45, 2.75) is 32.7 Å². The van der Waals surface area contributed by atoms with E-state index in [-0.39, 0.29) is 28.9 Å². The molecule has 1 amide bonds. The van der Waals surface area contributed by atoms with E-state index in [9.17, 15) is 14.0 Å². The van der Waals surface area contributed by atoms with Gasteiger partial charge in [-0.05, 0) is 51.0 Å². The summed E-state index contributed by atoms with van der Waals surface area (Å²) in [5, 5.41) is 4.18. The summed E-state index contributed by atoms with van der Waals surface area (Å²) >= 11 is 0.